The molecule has 0 radical (unpaired) electrons. The number of aliphatic hydroxyl groups is 1. The molecular weight excluding hydrogens is 302 g/mol. The van der Waals surface area contributed by atoms with Crippen molar-refractivity contribution in [2.75, 3.05) is 5.75 Å². The maximum Gasteiger partial charge on any atom is 0.159 e. The minimum atomic E-state index is -0.889. The van der Waals surface area contributed by atoms with Crippen LogP contribution in [-0.4, -0.2) is 17.0 Å². The molecule has 0 saturated carbocycles. The molecule has 0 aliphatic rings. The molecule has 0 aromatic heterocycles. The Labute approximate surface area is 125 Å². The number of rotatable bonds is 5. The molecule has 2 rings (SSSR count). The normalized spacial score (nSPS) is 12.4. The fraction of sp³-hybridized carbons (Fsp3) is 0.200. The van der Waals surface area contributed by atoms with E-state index in [9.17, 15) is 13.9 Å². The van der Waals surface area contributed by atoms with Gasteiger partial charge in [0.2, 0.25) is 0 Å². The molecule has 0 fully saturated rings. The smallest absolute Gasteiger partial charge is 0.159 e. The van der Waals surface area contributed by atoms with Crippen molar-refractivity contribution in [3.8, 4) is 0 Å². The first-order valence-corrected chi connectivity index (χ1v) is 7.41. The maximum atomic E-state index is 13.0. The Morgan fingerprint density at radius 2 is 1.75 bits per heavy atom. The maximum absolute atomic E-state index is 13.0. The molecule has 0 heterocycles. The number of hydrogen-bond donors (Lipinski definition) is 1. The lowest BCUT2D eigenvalue weighted by Gasteiger charge is -2.10. The number of benzene rings is 2. The van der Waals surface area contributed by atoms with Crippen LogP contribution in [0.2, 0.25) is 5.02 Å². The van der Waals surface area contributed by atoms with Gasteiger partial charge in [0.25, 0.3) is 0 Å². The molecular formula is C15H13ClF2OS. The lowest BCUT2D eigenvalue weighted by atomic mass is 10.1. The summed E-state index contributed by atoms with van der Waals surface area (Å²) in [5.74, 6) is -1.29. The molecule has 20 heavy (non-hydrogen) atoms. The van der Waals surface area contributed by atoms with Crippen molar-refractivity contribution in [1.82, 2.24) is 0 Å². The molecule has 2 aromatic rings. The van der Waals surface area contributed by atoms with Crippen molar-refractivity contribution in [3.63, 3.8) is 0 Å². The van der Waals surface area contributed by atoms with E-state index in [2.05, 4.69) is 0 Å². The van der Waals surface area contributed by atoms with Gasteiger partial charge in [0.05, 0.1) is 6.10 Å². The predicted octanol–water partition coefficient (Wildman–Crippen LogP) is 4.31. The van der Waals surface area contributed by atoms with Gasteiger partial charge in [-0.25, -0.2) is 8.78 Å². The topological polar surface area (TPSA) is 20.2 Å². The Hall–Kier alpha value is -1.10. The second-order valence-electron chi connectivity index (χ2n) is 4.37. The van der Waals surface area contributed by atoms with Gasteiger partial charge in [-0.1, -0.05) is 17.7 Å². The fourth-order valence-corrected chi connectivity index (χ4v) is 2.68. The number of hydrogen-bond acceptors (Lipinski definition) is 2. The fourth-order valence-electron chi connectivity index (χ4n) is 1.72. The Bertz CT molecular complexity index is 575. The van der Waals surface area contributed by atoms with Crippen LogP contribution in [0.25, 0.3) is 0 Å². The monoisotopic (exact) mass is 314 g/mol. The third-order valence-electron chi connectivity index (χ3n) is 2.71. The van der Waals surface area contributed by atoms with E-state index in [4.69, 9.17) is 11.6 Å². The molecule has 1 unspecified atom stereocenters. The Balaban J connectivity index is 1.87. The first-order valence-electron chi connectivity index (χ1n) is 6.05. The van der Waals surface area contributed by atoms with Crippen LogP contribution in [0, 0.1) is 11.6 Å². The van der Waals surface area contributed by atoms with Gasteiger partial charge < -0.3 is 5.11 Å². The predicted molar refractivity (Wildman–Crippen MR) is 78.2 cm³/mol. The van der Waals surface area contributed by atoms with Crippen molar-refractivity contribution in [2.45, 2.75) is 17.4 Å². The lowest BCUT2D eigenvalue weighted by Crippen LogP contribution is -2.13. The van der Waals surface area contributed by atoms with Crippen LogP contribution in [0.4, 0.5) is 8.78 Å². The third-order valence-corrected chi connectivity index (χ3v) is 4.12. The molecule has 1 nitrogen and oxygen atoms in total. The Morgan fingerprint density at radius 3 is 2.40 bits per heavy atom. The average molecular weight is 315 g/mol. The van der Waals surface area contributed by atoms with E-state index >= 15 is 0 Å². The van der Waals surface area contributed by atoms with Crippen LogP contribution in [0.3, 0.4) is 0 Å². The van der Waals surface area contributed by atoms with Crippen LogP contribution in [-0.2, 0) is 6.42 Å². The molecule has 0 aliphatic heterocycles. The minimum Gasteiger partial charge on any atom is -0.392 e. The summed E-state index contributed by atoms with van der Waals surface area (Å²) in [7, 11) is 0. The van der Waals surface area contributed by atoms with E-state index < -0.39 is 17.7 Å². The molecule has 2 aromatic carbocycles. The third kappa shape index (κ3) is 4.47. The summed E-state index contributed by atoms with van der Waals surface area (Å²) in [6.45, 7) is 0. The van der Waals surface area contributed by atoms with Gasteiger partial charge in [0, 0.05) is 15.7 Å². The molecule has 0 saturated heterocycles. The Morgan fingerprint density at radius 1 is 1.05 bits per heavy atom. The standard InChI is InChI=1S/C15H13ClF2OS/c16-11-2-4-13(5-3-11)20-9-12(19)7-10-1-6-14(17)15(18)8-10/h1-6,8,12,19H,7,9H2. The first kappa shape index (κ1) is 15.3. The van der Waals surface area contributed by atoms with Crippen LogP contribution in [0.5, 0.6) is 0 Å². The second kappa shape index (κ2) is 7.07. The highest BCUT2D eigenvalue weighted by atomic mass is 35.5. The largest absolute Gasteiger partial charge is 0.392 e. The zero-order valence-corrected chi connectivity index (χ0v) is 12.1. The summed E-state index contributed by atoms with van der Waals surface area (Å²) in [6.07, 6.45) is -0.335. The van der Waals surface area contributed by atoms with Gasteiger partial charge >= 0.3 is 0 Å². The molecule has 0 bridgehead atoms. The molecule has 106 valence electrons. The summed E-state index contributed by atoms with van der Waals surface area (Å²) in [5.41, 5.74) is 0.577. The van der Waals surface area contributed by atoms with Crippen LogP contribution in [0.1, 0.15) is 5.56 Å². The van der Waals surface area contributed by atoms with Crippen LogP contribution >= 0.6 is 23.4 Å². The highest BCUT2D eigenvalue weighted by Crippen LogP contribution is 2.22. The zero-order chi connectivity index (χ0) is 14.5. The Kier molecular flexibility index (Phi) is 5.40. The van der Waals surface area contributed by atoms with Crippen molar-refractivity contribution >= 4 is 23.4 Å². The molecule has 0 amide bonds. The number of thioether (sulfide) groups is 1. The van der Waals surface area contributed by atoms with E-state index in [-0.39, 0.29) is 6.42 Å². The van der Waals surface area contributed by atoms with Gasteiger partial charge in [-0.05, 0) is 48.4 Å². The molecule has 1 N–H and O–H groups in total. The molecule has 0 spiro atoms. The molecule has 5 heteroatoms. The highest BCUT2D eigenvalue weighted by Gasteiger charge is 2.09. The number of halogens is 3. The van der Waals surface area contributed by atoms with E-state index in [1.54, 1.807) is 12.1 Å². The summed E-state index contributed by atoms with van der Waals surface area (Å²) in [4.78, 5) is 0.999. The molecule has 0 aliphatic carbocycles. The summed E-state index contributed by atoms with van der Waals surface area (Å²) >= 11 is 7.27. The second-order valence-corrected chi connectivity index (χ2v) is 5.90. The van der Waals surface area contributed by atoms with Gasteiger partial charge in [0.1, 0.15) is 0 Å². The van der Waals surface area contributed by atoms with Gasteiger partial charge in [-0.3, -0.25) is 0 Å². The quantitative estimate of drug-likeness (QED) is 0.830. The van der Waals surface area contributed by atoms with E-state index in [1.807, 2.05) is 12.1 Å². The van der Waals surface area contributed by atoms with Crippen molar-refractivity contribution < 1.29 is 13.9 Å². The van der Waals surface area contributed by atoms with Crippen LogP contribution < -0.4 is 0 Å². The van der Waals surface area contributed by atoms with Gasteiger partial charge in [0.15, 0.2) is 11.6 Å². The van der Waals surface area contributed by atoms with Crippen molar-refractivity contribution in [3.05, 3.63) is 64.7 Å². The number of aliphatic hydroxyl groups excluding tert-OH is 1. The molecule has 1 atom stereocenters. The summed E-state index contributed by atoms with van der Waals surface area (Å²) < 4.78 is 25.8. The summed E-state index contributed by atoms with van der Waals surface area (Å²) in [5, 5.41) is 10.6. The van der Waals surface area contributed by atoms with Gasteiger partial charge in [-0.2, -0.15) is 0 Å². The van der Waals surface area contributed by atoms with E-state index in [1.165, 1.54) is 17.8 Å². The lowest BCUT2D eigenvalue weighted by molar-refractivity contribution is 0.200. The van der Waals surface area contributed by atoms with Crippen molar-refractivity contribution in [1.29, 1.82) is 0 Å². The summed E-state index contributed by atoms with van der Waals surface area (Å²) in [6, 6.07) is 11.0. The average Bonchev–Trinajstić information content (AvgIpc) is 2.42. The zero-order valence-electron chi connectivity index (χ0n) is 10.5. The van der Waals surface area contributed by atoms with E-state index in [0.29, 0.717) is 16.3 Å². The first-order chi connectivity index (χ1) is 9.54. The SMILES string of the molecule is OC(CSc1ccc(Cl)cc1)Cc1ccc(F)c(F)c1. The van der Waals surface area contributed by atoms with Crippen molar-refractivity contribution in [2.24, 2.45) is 0 Å². The minimum absolute atomic E-state index is 0.289. The van der Waals surface area contributed by atoms with E-state index in [0.717, 1.165) is 17.0 Å². The highest BCUT2D eigenvalue weighted by molar-refractivity contribution is 7.99. The van der Waals surface area contributed by atoms with Crippen LogP contribution in [0.15, 0.2) is 47.4 Å². The van der Waals surface area contributed by atoms with Gasteiger partial charge in [-0.15, -0.1) is 11.8 Å².